The van der Waals surface area contributed by atoms with Crippen molar-refractivity contribution in [3.63, 3.8) is 0 Å². The first-order valence-electron chi connectivity index (χ1n) is 3.16. The number of hydrogen-bond donors (Lipinski definition) is 0. The molecule has 0 spiro atoms. The third kappa shape index (κ3) is 11.6. The molecule has 0 aromatic carbocycles. The van der Waals surface area contributed by atoms with Gasteiger partial charge in [-0.05, 0) is 6.42 Å². The van der Waals surface area contributed by atoms with E-state index in [4.69, 9.17) is 0 Å². The van der Waals surface area contributed by atoms with E-state index in [1.165, 1.54) is 12.8 Å². The molecule has 9 heavy (non-hydrogen) atoms. The maximum atomic E-state index is 3.61. The summed E-state index contributed by atoms with van der Waals surface area (Å²) in [6.45, 7) is 5.78. The van der Waals surface area contributed by atoms with Crippen molar-refractivity contribution in [1.29, 1.82) is 0 Å². The minimum Gasteiger partial charge on any atom is -0.332 e. The van der Waals surface area contributed by atoms with Crippen LogP contribution in [0.2, 0.25) is 0 Å². The van der Waals surface area contributed by atoms with E-state index < -0.39 is 0 Å². The van der Waals surface area contributed by atoms with Crippen molar-refractivity contribution in [1.82, 2.24) is 0 Å². The summed E-state index contributed by atoms with van der Waals surface area (Å²) in [5.41, 5.74) is 0. The molecule has 0 aliphatic carbocycles. The van der Waals surface area contributed by atoms with E-state index >= 15 is 0 Å². The Kier molecular flexibility index (Phi) is 14.6. The van der Waals surface area contributed by atoms with Gasteiger partial charge in [0.05, 0.1) is 0 Å². The van der Waals surface area contributed by atoms with Crippen LogP contribution in [-0.2, 0) is 0 Å². The summed E-state index contributed by atoms with van der Waals surface area (Å²) in [5.74, 6) is 5.95. The van der Waals surface area contributed by atoms with Crippen LogP contribution in [0.4, 0.5) is 0 Å². The van der Waals surface area contributed by atoms with Gasteiger partial charge in [-0.25, -0.2) is 0 Å². The first-order valence-corrected chi connectivity index (χ1v) is 3.16. The van der Waals surface area contributed by atoms with Gasteiger partial charge in [0.15, 0.2) is 0 Å². The predicted molar refractivity (Wildman–Crippen MR) is 37.3 cm³/mol. The van der Waals surface area contributed by atoms with Crippen LogP contribution in [0, 0.1) is 18.8 Å². The fourth-order valence-electron chi connectivity index (χ4n) is 0.442. The van der Waals surface area contributed by atoms with Crippen LogP contribution >= 0.6 is 0 Å². The fourth-order valence-corrected chi connectivity index (χ4v) is 0.442. The average Bonchev–Trinajstić information content (AvgIpc) is 1.81. The van der Waals surface area contributed by atoms with Crippen molar-refractivity contribution in [2.45, 2.75) is 32.6 Å². The minimum absolute atomic E-state index is 0. The third-order valence-corrected chi connectivity index (χ3v) is 0.905. The minimum atomic E-state index is 0. The van der Waals surface area contributed by atoms with E-state index in [1.807, 2.05) is 0 Å². The number of rotatable bonds is 2. The Morgan fingerprint density at radius 2 is 2.00 bits per heavy atom. The summed E-state index contributed by atoms with van der Waals surface area (Å²) in [4.78, 5) is 0. The fraction of sp³-hybridized carbons (Fsp3) is 0.625. The summed E-state index contributed by atoms with van der Waals surface area (Å²) >= 11 is 0. The molecule has 1 heteroatoms. The van der Waals surface area contributed by atoms with Crippen molar-refractivity contribution >= 4 is 0 Å². The molecule has 0 nitrogen and oxygen atoms in total. The second-order valence-corrected chi connectivity index (χ2v) is 1.71. The van der Waals surface area contributed by atoms with Crippen molar-refractivity contribution in [3.05, 3.63) is 6.92 Å². The molecule has 0 bridgehead atoms. The molecule has 0 amide bonds. The smallest absolute Gasteiger partial charge is 0.332 e. The normalized spacial score (nSPS) is 6.89. The molecule has 0 aliphatic rings. The van der Waals surface area contributed by atoms with Gasteiger partial charge in [-0.1, -0.05) is 13.3 Å². The summed E-state index contributed by atoms with van der Waals surface area (Å²) < 4.78 is 0. The second kappa shape index (κ2) is 11.0. The Morgan fingerprint density at radius 1 is 1.33 bits per heavy atom. The molecule has 0 saturated heterocycles. The SMILES string of the molecule is [CH2-]CC#CCCCC.[Li+]. The Morgan fingerprint density at radius 3 is 2.44 bits per heavy atom. The molecule has 0 aromatic heterocycles. The van der Waals surface area contributed by atoms with Crippen molar-refractivity contribution < 1.29 is 18.9 Å². The molecule has 0 radical (unpaired) electrons. The van der Waals surface area contributed by atoms with E-state index in [0.717, 1.165) is 12.8 Å². The molecule has 0 rings (SSSR count). The van der Waals surface area contributed by atoms with Crippen LogP contribution in [0.15, 0.2) is 0 Å². The van der Waals surface area contributed by atoms with Crippen molar-refractivity contribution in [3.8, 4) is 11.8 Å². The second-order valence-electron chi connectivity index (χ2n) is 1.71. The molecular weight excluding hydrogens is 103 g/mol. The first kappa shape index (κ1) is 11.9. The zero-order valence-corrected chi connectivity index (χ0v) is 6.54. The molecule has 0 atom stereocenters. The van der Waals surface area contributed by atoms with Crippen LogP contribution in [-0.4, -0.2) is 0 Å². The maximum Gasteiger partial charge on any atom is 1.00 e. The molecule has 0 aliphatic heterocycles. The summed E-state index contributed by atoms with van der Waals surface area (Å²) in [5, 5.41) is 0. The van der Waals surface area contributed by atoms with Gasteiger partial charge in [0.1, 0.15) is 0 Å². The van der Waals surface area contributed by atoms with Crippen molar-refractivity contribution in [2.75, 3.05) is 0 Å². The number of unbranched alkanes of at least 4 members (excludes halogenated alkanes) is 2. The van der Waals surface area contributed by atoms with Gasteiger partial charge in [0.25, 0.3) is 0 Å². The molecule has 0 fully saturated rings. The predicted octanol–water partition coefficient (Wildman–Crippen LogP) is -0.592. The van der Waals surface area contributed by atoms with Gasteiger partial charge in [0.2, 0.25) is 0 Å². The van der Waals surface area contributed by atoms with Crippen LogP contribution < -0.4 is 18.9 Å². The Labute approximate surface area is 70.6 Å². The molecule has 0 aromatic rings. The van der Waals surface area contributed by atoms with Crippen LogP contribution in [0.1, 0.15) is 32.6 Å². The Hall–Kier alpha value is 0.157. The van der Waals surface area contributed by atoms with Crippen LogP contribution in [0.3, 0.4) is 0 Å². The molecule has 0 unspecified atom stereocenters. The van der Waals surface area contributed by atoms with Gasteiger partial charge in [0, 0.05) is 6.42 Å². The van der Waals surface area contributed by atoms with Crippen molar-refractivity contribution in [2.24, 2.45) is 0 Å². The van der Waals surface area contributed by atoms with Crippen LogP contribution in [0.25, 0.3) is 0 Å². The molecule has 0 saturated carbocycles. The van der Waals surface area contributed by atoms with Gasteiger partial charge >= 0.3 is 18.9 Å². The van der Waals surface area contributed by atoms with Crippen LogP contribution in [0.5, 0.6) is 0 Å². The van der Waals surface area contributed by atoms with Gasteiger partial charge in [-0.2, -0.15) is 0 Å². The maximum absolute atomic E-state index is 3.61. The first-order chi connectivity index (χ1) is 3.91. The topological polar surface area (TPSA) is 0 Å². The molecule has 0 heterocycles. The zero-order chi connectivity index (χ0) is 6.24. The summed E-state index contributed by atoms with van der Waals surface area (Å²) in [6.07, 6.45) is 4.27. The summed E-state index contributed by atoms with van der Waals surface area (Å²) in [6, 6.07) is 0. The Bertz CT molecular complexity index is 86.5. The van der Waals surface area contributed by atoms with E-state index in [1.54, 1.807) is 0 Å². The van der Waals surface area contributed by atoms with E-state index in [-0.39, 0.29) is 18.9 Å². The third-order valence-electron chi connectivity index (χ3n) is 0.905. The molecule has 46 valence electrons. The largest absolute Gasteiger partial charge is 1.00 e. The quantitative estimate of drug-likeness (QED) is 0.196. The average molecular weight is 116 g/mol. The van der Waals surface area contributed by atoms with Gasteiger partial charge in [-0.15, -0.1) is 18.3 Å². The zero-order valence-electron chi connectivity index (χ0n) is 6.54. The summed E-state index contributed by atoms with van der Waals surface area (Å²) in [7, 11) is 0. The monoisotopic (exact) mass is 116 g/mol. The van der Waals surface area contributed by atoms with E-state index in [2.05, 4.69) is 25.7 Å². The van der Waals surface area contributed by atoms with E-state index in [0.29, 0.717) is 0 Å². The number of hydrogen-bond acceptors (Lipinski definition) is 0. The van der Waals surface area contributed by atoms with Gasteiger partial charge in [-0.3, -0.25) is 0 Å². The molecular formula is C8H13Li. The van der Waals surface area contributed by atoms with Gasteiger partial charge < -0.3 is 6.92 Å². The molecule has 0 N–H and O–H groups in total. The van der Waals surface area contributed by atoms with E-state index in [9.17, 15) is 0 Å². The Balaban J connectivity index is 0. The standard InChI is InChI=1S/C8H13.Li/c1-3-5-7-8-6-4-2;/h1,3-4,6,8H2,2H3;/q-1;+1.